The average molecular weight is 356 g/mol. The first-order valence-electron chi connectivity index (χ1n) is 9.49. The molecule has 1 saturated carbocycles. The Balaban J connectivity index is 1.64. The summed E-state index contributed by atoms with van der Waals surface area (Å²) < 4.78 is 0. The maximum Gasteiger partial charge on any atom is 0.248 e. The molecule has 136 valence electrons. The van der Waals surface area contributed by atoms with Crippen molar-refractivity contribution in [2.45, 2.75) is 18.9 Å². The zero-order valence-electron chi connectivity index (χ0n) is 15.3. The first-order valence-corrected chi connectivity index (χ1v) is 9.49. The molecule has 0 spiro atoms. The molecule has 0 bridgehead atoms. The summed E-state index contributed by atoms with van der Waals surface area (Å²) >= 11 is 0. The second-order valence-electron chi connectivity index (χ2n) is 7.26. The van der Waals surface area contributed by atoms with Gasteiger partial charge in [0.25, 0.3) is 0 Å². The van der Waals surface area contributed by atoms with Crippen molar-refractivity contribution < 1.29 is 4.79 Å². The Morgan fingerprint density at radius 2 is 1.59 bits per heavy atom. The predicted octanol–water partition coefficient (Wildman–Crippen LogP) is 4.54. The lowest BCUT2D eigenvalue weighted by Crippen LogP contribution is -2.25. The van der Waals surface area contributed by atoms with Crippen LogP contribution < -0.4 is 11.1 Å². The van der Waals surface area contributed by atoms with Crippen molar-refractivity contribution in [1.82, 2.24) is 5.32 Å². The van der Waals surface area contributed by atoms with E-state index in [1.54, 1.807) is 6.07 Å². The van der Waals surface area contributed by atoms with Crippen molar-refractivity contribution in [2.24, 2.45) is 11.7 Å². The molecule has 3 heteroatoms. The average Bonchev–Trinajstić information content (AvgIpc) is 3.54. The SMILES string of the molecule is NC(=O)c1cccc(C(NCC2CC2)c2ccc(-c3ccccc3)cc2)c1. The number of amides is 1. The predicted molar refractivity (Wildman–Crippen MR) is 109 cm³/mol. The summed E-state index contributed by atoms with van der Waals surface area (Å²) in [7, 11) is 0. The molecule has 1 atom stereocenters. The highest BCUT2D eigenvalue weighted by atomic mass is 16.1. The Hall–Kier alpha value is -2.91. The van der Waals surface area contributed by atoms with Gasteiger partial charge in [-0.05, 0) is 59.7 Å². The van der Waals surface area contributed by atoms with Gasteiger partial charge in [0.15, 0.2) is 0 Å². The Labute approximate surface area is 160 Å². The number of rotatable bonds is 7. The van der Waals surface area contributed by atoms with Crippen LogP contribution in [-0.2, 0) is 0 Å². The minimum Gasteiger partial charge on any atom is -0.366 e. The van der Waals surface area contributed by atoms with E-state index in [9.17, 15) is 4.79 Å². The third kappa shape index (κ3) is 4.26. The summed E-state index contributed by atoms with van der Waals surface area (Å²) in [6.07, 6.45) is 2.60. The molecule has 27 heavy (non-hydrogen) atoms. The maximum absolute atomic E-state index is 11.6. The van der Waals surface area contributed by atoms with Crippen LogP contribution in [0.3, 0.4) is 0 Å². The van der Waals surface area contributed by atoms with Crippen molar-refractivity contribution >= 4 is 5.91 Å². The first kappa shape index (κ1) is 17.5. The fraction of sp³-hybridized carbons (Fsp3) is 0.208. The molecule has 0 radical (unpaired) electrons. The summed E-state index contributed by atoms with van der Waals surface area (Å²) in [5.74, 6) is 0.382. The third-order valence-electron chi connectivity index (χ3n) is 5.16. The number of nitrogens with one attached hydrogen (secondary N) is 1. The van der Waals surface area contributed by atoms with Gasteiger partial charge < -0.3 is 11.1 Å². The molecule has 0 aromatic heterocycles. The second kappa shape index (κ2) is 7.77. The molecule has 1 amide bonds. The lowest BCUT2D eigenvalue weighted by atomic mass is 9.95. The van der Waals surface area contributed by atoms with Crippen LogP contribution in [0.1, 0.15) is 40.4 Å². The number of carbonyl (C=O) groups excluding carboxylic acids is 1. The molecule has 0 saturated heterocycles. The Morgan fingerprint density at radius 1 is 0.889 bits per heavy atom. The van der Waals surface area contributed by atoms with Crippen molar-refractivity contribution in [3.63, 3.8) is 0 Å². The van der Waals surface area contributed by atoms with Crippen LogP contribution in [0.4, 0.5) is 0 Å². The molecule has 1 aliphatic rings. The smallest absolute Gasteiger partial charge is 0.248 e. The minimum absolute atomic E-state index is 0.0507. The van der Waals surface area contributed by atoms with Crippen LogP contribution in [0.25, 0.3) is 11.1 Å². The summed E-state index contributed by atoms with van der Waals surface area (Å²) in [6.45, 7) is 0.992. The molecule has 3 nitrogen and oxygen atoms in total. The normalized spacial score (nSPS) is 14.7. The second-order valence-corrected chi connectivity index (χ2v) is 7.26. The molecule has 1 fully saturated rings. The Morgan fingerprint density at radius 3 is 2.26 bits per heavy atom. The van der Waals surface area contributed by atoms with Crippen LogP contribution >= 0.6 is 0 Å². The van der Waals surface area contributed by atoms with Gasteiger partial charge in [0.2, 0.25) is 5.91 Å². The van der Waals surface area contributed by atoms with Gasteiger partial charge in [-0.2, -0.15) is 0 Å². The summed E-state index contributed by atoms with van der Waals surface area (Å²) in [4.78, 5) is 11.6. The number of hydrogen-bond acceptors (Lipinski definition) is 2. The number of primary amides is 1. The highest BCUT2D eigenvalue weighted by Crippen LogP contribution is 2.31. The third-order valence-corrected chi connectivity index (χ3v) is 5.16. The molecular formula is C24H24N2O. The highest BCUT2D eigenvalue weighted by molar-refractivity contribution is 5.92. The van der Waals surface area contributed by atoms with Gasteiger partial charge in [-0.15, -0.1) is 0 Å². The first-order chi connectivity index (χ1) is 13.2. The van der Waals surface area contributed by atoms with Gasteiger partial charge in [-0.3, -0.25) is 4.79 Å². The van der Waals surface area contributed by atoms with E-state index in [1.807, 2.05) is 18.2 Å². The quantitative estimate of drug-likeness (QED) is 0.653. The molecule has 3 N–H and O–H groups in total. The van der Waals surface area contributed by atoms with Gasteiger partial charge in [-0.1, -0.05) is 66.7 Å². The van der Waals surface area contributed by atoms with Gasteiger partial charge in [0, 0.05) is 5.56 Å². The fourth-order valence-corrected chi connectivity index (χ4v) is 3.40. The van der Waals surface area contributed by atoms with Crippen molar-refractivity contribution in [3.8, 4) is 11.1 Å². The van der Waals surface area contributed by atoms with Gasteiger partial charge in [-0.25, -0.2) is 0 Å². The van der Waals surface area contributed by atoms with E-state index in [2.05, 4.69) is 59.9 Å². The standard InChI is InChI=1S/C24H24N2O/c25-24(27)22-8-4-7-21(15-22)23(26-16-17-9-10-17)20-13-11-19(12-14-20)18-5-2-1-3-6-18/h1-8,11-15,17,23,26H,9-10,16H2,(H2,25,27). The summed E-state index contributed by atoms with van der Waals surface area (Å²) in [6, 6.07) is 26.7. The number of nitrogens with two attached hydrogens (primary N) is 1. The molecule has 0 aliphatic heterocycles. The lowest BCUT2D eigenvalue weighted by molar-refractivity contribution is 0.1000. The zero-order chi connectivity index (χ0) is 18.6. The van der Waals surface area contributed by atoms with Crippen LogP contribution in [0.15, 0.2) is 78.9 Å². The molecule has 0 heterocycles. The van der Waals surface area contributed by atoms with Crippen LogP contribution in [0.2, 0.25) is 0 Å². The summed E-state index contributed by atoms with van der Waals surface area (Å²) in [5.41, 5.74) is 10.7. The van der Waals surface area contributed by atoms with Crippen molar-refractivity contribution in [1.29, 1.82) is 0 Å². The van der Waals surface area contributed by atoms with Crippen LogP contribution in [0.5, 0.6) is 0 Å². The Kier molecular flexibility index (Phi) is 5.03. The fourth-order valence-electron chi connectivity index (χ4n) is 3.40. The number of carbonyl (C=O) groups is 1. The van der Waals surface area contributed by atoms with E-state index in [0.717, 1.165) is 18.0 Å². The molecule has 3 aromatic carbocycles. The van der Waals surface area contributed by atoms with E-state index in [1.165, 1.54) is 29.5 Å². The zero-order valence-corrected chi connectivity index (χ0v) is 15.3. The monoisotopic (exact) mass is 356 g/mol. The van der Waals surface area contributed by atoms with Crippen LogP contribution in [-0.4, -0.2) is 12.5 Å². The van der Waals surface area contributed by atoms with E-state index in [0.29, 0.717) is 5.56 Å². The van der Waals surface area contributed by atoms with E-state index in [4.69, 9.17) is 5.73 Å². The molecule has 1 unspecified atom stereocenters. The van der Waals surface area contributed by atoms with Crippen molar-refractivity contribution in [3.05, 3.63) is 95.6 Å². The highest BCUT2D eigenvalue weighted by Gasteiger charge is 2.23. The Bertz CT molecular complexity index is 915. The van der Waals surface area contributed by atoms with E-state index >= 15 is 0 Å². The summed E-state index contributed by atoms with van der Waals surface area (Å²) in [5, 5.41) is 3.69. The van der Waals surface area contributed by atoms with Gasteiger partial charge in [0.1, 0.15) is 0 Å². The van der Waals surface area contributed by atoms with Gasteiger partial charge >= 0.3 is 0 Å². The molecule has 3 aromatic rings. The number of hydrogen-bond donors (Lipinski definition) is 2. The molecule has 1 aliphatic carbocycles. The molecular weight excluding hydrogens is 332 g/mol. The van der Waals surface area contributed by atoms with E-state index < -0.39 is 5.91 Å². The van der Waals surface area contributed by atoms with Crippen LogP contribution in [0, 0.1) is 5.92 Å². The largest absolute Gasteiger partial charge is 0.366 e. The lowest BCUT2D eigenvalue weighted by Gasteiger charge is -2.21. The van der Waals surface area contributed by atoms with Crippen molar-refractivity contribution in [2.75, 3.05) is 6.54 Å². The number of benzene rings is 3. The molecule has 4 rings (SSSR count). The van der Waals surface area contributed by atoms with E-state index in [-0.39, 0.29) is 6.04 Å². The van der Waals surface area contributed by atoms with Gasteiger partial charge in [0.05, 0.1) is 6.04 Å². The topological polar surface area (TPSA) is 55.1 Å². The maximum atomic E-state index is 11.6. The minimum atomic E-state index is -0.391.